The van der Waals surface area contributed by atoms with Crippen molar-refractivity contribution in [1.82, 2.24) is 0 Å². The van der Waals surface area contributed by atoms with Crippen molar-refractivity contribution < 1.29 is 31.5 Å². The van der Waals surface area contributed by atoms with Crippen molar-refractivity contribution in [2.75, 3.05) is 11.1 Å². The maximum atomic E-state index is 13.0. The summed E-state index contributed by atoms with van der Waals surface area (Å²) in [6.07, 6.45) is -4.87. The van der Waals surface area contributed by atoms with Crippen LogP contribution in [0.1, 0.15) is 30.5 Å². The molecule has 0 aliphatic heterocycles. The lowest BCUT2D eigenvalue weighted by Gasteiger charge is -2.28. The van der Waals surface area contributed by atoms with Crippen molar-refractivity contribution in [2.24, 2.45) is 0 Å². The number of hydrogen-bond acceptors (Lipinski definition) is 4. The van der Waals surface area contributed by atoms with Crippen LogP contribution in [0.2, 0.25) is 0 Å². The number of aliphatic hydroxyl groups is 1. The minimum absolute atomic E-state index is 0.0244. The Kier molecular flexibility index (Phi) is 6.44. The molecule has 0 aliphatic carbocycles. The Bertz CT molecular complexity index is 997. The fourth-order valence-corrected chi connectivity index (χ4v) is 3.70. The number of nitrogens with one attached hydrogen (secondary N) is 1. The van der Waals surface area contributed by atoms with Gasteiger partial charge in [0.05, 0.1) is 17.1 Å². The number of halogens is 3. The number of anilines is 1. The van der Waals surface area contributed by atoms with E-state index in [2.05, 4.69) is 5.32 Å². The summed E-state index contributed by atoms with van der Waals surface area (Å²) in [6.45, 7) is 3.63. The number of carbonyl (C=O) groups is 1. The predicted octanol–water partition coefficient (Wildman–Crippen LogP) is 3.74. The SMILES string of the molecule is CCS(=O)(=O)c1ccc(CC(=O)Nc2ccc(C(C)(O)C(F)(F)F)c(C)c2)cc1. The largest absolute Gasteiger partial charge is 0.421 e. The lowest BCUT2D eigenvalue weighted by atomic mass is 9.91. The zero-order valence-electron chi connectivity index (χ0n) is 16.2. The van der Waals surface area contributed by atoms with Crippen molar-refractivity contribution in [3.05, 3.63) is 59.2 Å². The first-order valence-corrected chi connectivity index (χ1v) is 10.4. The standard InChI is InChI=1S/C20H22F3NO4S/c1-4-29(27,28)16-8-5-14(6-9-16)12-18(25)24-15-7-10-17(13(2)11-15)19(3,26)20(21,22)23/h5-11,26H,4,12H2,1-3H3,(H,24,25). The normalized spacial score (nSPS) is 14.3. The first kappa shape index (κ1) is 22.9. The summed E-state index contributed by atoms with van der Waals surface area (Å²) in [5, 5.41) is 12.4. The van der Waals surface area contributed by atoms with Crippen molar-refractivity contribution >= 4 is 21.4 Å². The second kappa shape index (κ2) is 8.16. The van der Waals surface area contributed by atoms with Crippen LogP contribution in [0, 0.1) is 6.92 Å². The molecule has 2 aromatic carbocycles. The zero-order valence-corrected chi connectivity index (χ0v) is 17.0. The van der Waals surface area contributed by atoms with E-state index >= 15 is 0 Å². The number of alkyl halides is 3. The van der Waals surface area contributed by atoms with Gasteiger partial charge in [0.1, 0.15) is 0 Å². The lowest BCUT2D eigenvalue weighted by Crippen LogP contribution is -2.39. The van der Waals surface area contributed by atoms with E-state index in [-0.39, 0.29) is 28.2 Å². The fourth-order valence-electron chi connectivity index (χ4n) is 2.81. The molecular formula is C20H22F3NO4S. The summed E-state index contributed by atoms with van der Waals surface area (Å²) in [4.78, 5) is 12.4. The third-order valence-corrected chi connectivity index (χ3v) is 6.36. The van der Waals surface area contributed by atoms with Gasteiger partial charge in [-0.2, -0.15) is 13.2 Å². The summed E-state index contributed by atoms with van der Waals surface area (Å²) in [6, 6.07) is 9.71. The van der Waals surface area contributed by atoms with E-state index in [0.717, 1.165) is 6.07 Å². The molecule has 0 fully saturated rings. The van der Waals surface area contributed by atoms with E-state index in [4.69, 9.17) is 0 Å². The number of benzene rings is 2. The lowest BCUT2D eigenvalue weighted by molar-refractivity contribution is -0.259. The molecule has 0 spiro atoms. The molecular weight excluding hydrogens is 407 g/mol. The van der Waals surface area contributed by atoms with Crippen LogP contribution in [0.5, 0.6) is 0 Å². The minimum Gasteiger partial charge on any atom is -0.376 e. The third kappa shape index (κ3) is 5.16. The van der Waals surface area contributed by atoms with Gasteiger partial charge >= 0.3 is 6.18 Å². The van der Waals surface area contributed by atoms with Crippen molar-refractivity contribution in [3.8, 4) is 0 Å². The molecule has 29 heavy (non-hydrogen) atoms. The van der Waals surface area contributed by atoms with Gasteiger partial charge in [-0.05, 0) is 54.8 Å². The van der Waals surface area contributed by atoms with Crippen LogP contribution in [0.25, 0.3) is 0 Å². The highest BCUT2D eigenvalue weighted by Crippen LogP contribution is 2.40. The molecule has 1 amide bonds. The van der Waals surface area contributed by atoms with E-state index in [1.807, 2.05) is 0 Å². The number of carbonyl (C=O) groups excluding carboxylic acids is 1. The van der Waals surface area contributed by atoms with Gasteiger partial charge in [-0.15, -0.1) is 0 Å². The van der Waals surface area contributed by atoms with Crippen LogP contribution in [-0.2, 0) is 26.7 Å². The molecule has 0 saturated carbocycles. The molecule has 0 aromatic heterocycles. The van der Waals surface area contributed by atoms with Crippen molar-refractivity contribution in [2.45, 2.75) is 43.9 Å². The molecule has 2 aromatic rings. The maximum Gasteiger partial charge on any atom is 0.421 e. The van der Waals surface area contributed by atoms with E-state index in [0.29, 0.717) is 18.2 Å². The van der Waals surface area contributed by atoms with Crippen LogP contribution in [-0.4, -0.2) is 31.4 Å². The van der Waals surface area contributed by atoms with Gasteiger partial charge in [0, 0.05) is 5.69 Å². The molecule has 0 saturated heterocycles. The molecule has 0 aliphatic rings. The molecule has 0 heterocycles. The van der Waals surface area contributed by atoms with Crippen LogP contribution in [0.4, 0.5) is 18.9 Å². The number of hydrogen-bond donors (Lipinski definition) is 2. The summed E-state index contributed by atoms with van der Waals surface area (Å²) >= 11 is 0. The predicted molar refractivity (Wildman–Crippen MR) is 103 cm³/mol. The Morgan fingerprint density at radius 3 is 2.17 bits per heavy atom. The Balaban J connectivity index is 2.11. The van der Waals surface area contributed by atoms with Crippen LogP contribution < -0.4 is 5.32 Å². The Labute approximate surface area is 167 Å². The van der Waals surface area contributed by atoms with Gasteiger partial charge in [-0.1, -0.05) is 25.1 Å². The second-order valence-corrected chi connectivity index (χ2v) is 9.15. The number of rotatable bonds is 6. The first-order valence-electron chi connectivity index (χ1n) is 8.79. The number of amides is 1. The Morgan fingerprint density at radius 2 is 1.69 bits per heavy atom. The molecule has 158 valence electrons. The number of sulfone groups is 1. The number of aryl methyl sites for hydroxylation is 1. The molecule has 1 atom stereocenters. The highest BCUT2D eigenvalue weighted by Gasteiger charge is 2.51. The average molecular weight is 429 g/mol. The monoisotopic (exact) mass is 429 g/mol. The molecule has 9 heteroatoms. The van der Waals surface area contributed by atoms with Gasteiger partial charge in [-0.3, -0.25) is 4.79 Å². The first-order chi connectivity index (χ1) is 13.3. The van der Waals surface area contributed by atoms with Gasteiger partial charge in [0.25, 0.3) is 0 Å². The smallest absolute Gasteiger partial charge is 0.376 e. The average Bonchev–Trinajstić information content (AvgIpc) is 2.61. The van der Waals surface area contributed by atoms with Gasteiger partial charge < -0.3 is 10.4 Å². The molecule has 0 bridgehead atoms. The highest BCUT2D eigenvalue weighted by atomic mass is 32.2. The Morgan fingerprint density at radius 1 is 1.10 bits per heavy atom. The summed E-state index contributed by atoms with van der Waals surface area (Å²) in [7, 11) is -3.32. The van der Waals surface area contributed by atoms with Crippen LogP contribution >= 0.6 is 0 Å². The Hall–Kier alpha value is -2.39. The third-order valence-electron chi connectivity index (χ3n) is 4.61. The van der Waals surface area contributed by atoms with Crippen molar-refractivity contribution in [1.29, 1.82) is 0 Å². The summed E-state index contributed by atoms with van der Waals surface area (Å²) in [5.41, 5.74) is -2.24. The van der Waals surface area contributed by atoms with E-state index in [9.17, 15) is 31.5 Å². The van der Waals surface area contributed by atoms with Gasteiger partial charge in [0.2, 0.25) is 5.91 Å². The molecule has 1 unspecified atom stereocenters. The van der Waals surface area contributed by atoms with Crippen LogP contribution in [0.3, 0.4) is 0 Å². The van der Waals surface area contributed by atoms with Gasteiger partial charge in [-0.25, -0.2) is 8.42 Å². The summed E-state index contributed by atoms with van der Waals surface area (Å²) in [5.74, 6) is -0.436. The zero-order chi connectivity index (χ0) is 22.0. The van der Waals surface area contributed by atoms with Crippen LogP contribution in [0.15, 0.2) is 47.4 Å². The second-order valence-electron chi connectivity index (χ2n) is 6.87. The maximum absolute atomic E-state index is 13.0. The minimum atomic E-state index is -4.83. The van der Waals surface area contributed by atoms with Crippen molar-refractivity contribution in [3.63, 3.8) is 0 Å². The van der Waals surface area contributed by atoms with E-state index in [1.165, 1.54) is 50.2 Å². The molecule has 2 N–H and O–H groups in total. The molecule has 0 radical (unpaired) electrons. The summed E-state index contributed by atoms with van der Waals surface area (Å²) < 4.78 is 62.7. The van der Waals surface area contributed by atoms with E-state index < -0.39 is 27.5 Å². The highest BCUT2D eigenvalue weighted by molar-refractivity contribution is 7.91. The fraction of sp³-hybridized carbons (Fsp3) is 0.350. The topological polar surface area (TPSA) is 83.5 Å². The quantitative estimate of drug-likeness (QED) is 0.733. The van der Waals surface area contributed by atoms with E-state index in [1.54, 1.807) is 0 Å². The van der Waals surface area contributed by atoms with Gasteiger partial charge in [0.15, 0.2) is 15.4 Å². The molecule has 5 nitrogen and oxygen atoms in total. The molecule has 2 rings (SSSR count).